The maximum absolute atomic E-state index is 13.7. The van der Waals surface area contributed by atoms with Crippen LogP contribution in [-0.2, 0) is 6.54 Å². The highest BCUT2D eigenvalue weighted by atomic mass is 19.1. The Hall–Kier alpha value is -2.21. The van der Waals surface area contributed by atoms with E-state index in [0.717, 1.165) is 0 Å². The molecule has 19 heavy (non-hydrogen) atoms. The van der Waals surface area contributed by atoms with Crippen LogP contribution in [0.25, 0.3) is 0 Å². The van der Waals surface area contributed by atoms with Crippen molar-refractivity contribution in [2.75, 3.05) is 19.0 Å². The van der Waals surface area contributed by atoms with Crippen LogP contribution in [0.2, 0.25) is 0 Å². The molecule has 1 aromatic carbocycles. The summed E-state index contributed by atoms with van der Waals surface area (Å²) in [5.41, 5.74) is 6.15. The molecule has 1 aromatic heterocycles. The minimum Gasteiger partial charge on any atom is -0.436 e. The van der Waals surface area contributed by atoms with E-state index in [1.807, 2.05) is 14.1 Å². The minimum absolute atomic E-state index is 0.112. The van der Waals surface area contributed by atoms with Gasteiger partial charge in [0.15, 0.2) is 11.6 Å². The molecular formula is C13H15FN4O. The molecule has 2 aromatic rings. The zero-order valence-corrected chi connectivity index (χ0v) is 10.8. The van der Waals surface area contributed by atoms with E-state index in [0.29, 0.717) is 11.5 Å². The quantitative estimate of drug-likeness (QED) is 0.912. The summed E-state index contributed by atoms with van der Waals surface area (Å²) in [4.78, 5) is 9.94. The van der Waals surface area contributed by atoms with E-state index in [9.17, 15) is 4.39 Å². The number of nitrogens with zero attached hydrogens (tertiary/aromatic N) is 3. The molecule has 0 bridgehead atoms. The molecule has 0 aliphatic carbocycles. The Labute approximate surface area is 110 Å². The van der Waals surface area contributed by atoms with Crippen molar-refractivity contribution in [2.45, 2.75) is 6.54 Å². The Balaban J connectivity index is 2.23. The highest BCUT2D eigenvalue weighted by molar-refractivity contribution is 5.34. The number of anilines is 1. The molecule has 6 heteroatoms. The Bertz CT molecular complexity index is 574. The number of aromatic nitrogens is 2. The largest absolute Gasteiger partial charge is 0.436 e. The first-order chi connectivity index (χ1) is 9.10. The van der Waals surface area contributed by atoms with Crippen LogP contribution in [0.4, 0.5) is 10.3 Å². The Kier molecular flexibility index (Phi) is 3.91. The second-order valence-electron chi connectivity index (χ2n) is 4.16. The molecule has 0 atom stereocenters. The molecule has 0 spiro atoms. The van der Waals surface area contributed by atoms with Crippen molar-refractivity contribution < 1.29 is 9.13 Å². The van der Waals surface area contributed by atoms with Crippen LogP contribution < -0.4 is 15.4 Å². The van der Waals surface area contributed by atoms with E-state index >= 15 is 0 Å². The molecule has 100 valence electrons. The van der Waals surface area contributed by atoms with Gasteiger partial charge in [-0.1, -0.05) is 6.07 Å². The van der Waals surface area contributed by atoms with Gasteiger partial charge in [-0.2, -0.15) is 4.98 Å². The van der Waals surface area contributed by atoms with Gasteiger partial charge in [-0.3, -0.25) is 0 Å². The van der Waals surface area contributed by atoms with Gasteiger partial charge in [0.05, 0.1) is 0 Å². The van der Waals surface area contributed by atoms with Gasteiger partial charge in [0.1, 0.15) is 0 Å². The van der Waals surface area contributed by atoms with Gasteiger partial charge < -0.3 is 15.4 Å². The monoisotopic (exact) mass is 262 g/mol. The van der Waals surface area contributed by atoms with Crippen LogP contribution >= 0.6 is 0 Å². The lowest BCUT2D eigenvalue weighted by Gasteiger charge is -2.11. The molecule has 5 nitrogen and oxygen atoms in total. The number of benzene rings is 1. The number of halogens is 1. The van der Waals surface area contributed by atoms with Gasteiger partial charge in [0.25, 0.3) is 0 Å². The normalized spacial score (nSPS) is 10.3. The zero-order valence-electron chi connectivity index (χ0n) is 10.8. The molecule has 0 unspecified atom stereocenters. The standard InChI is InChI=1S/C13H15FN4O/c1-18(2)13-16-6-5-12(17-13)19-11-4-3-9(8-15)7-10(11)14/h3-7H,8,15H2,1-2H3. The van der Waals surface area contributed by atoms with Gasteiger partial charge >= 0.3 is 0 Å². The van der Waals surface area contributed by atoms with Crippen LogP contribution in [-0.4, -0.2) is 24.1 Å². The lowest BCUT2D eigenvalue weighted by molar-refractivity contribution is 0.426. The summed E-state index contributed by atoms with van der Waals surface area (Å²) >= 11 is 0. The number of rotatable bonds is 4. The first-order valence-corrected chi connectivity index (χ1v) is 5.77. The molecular weight excluding hydrogens is 247 g/mol. The van der Waals surface area contributed by atoms with Crippen LogP contribution in [0.5, 0.6) is 11.6 Å². The SMILES string of the molecule is CN(C)c1nccc(Oc2ccc(CN)cc2F)n1. The molecule has 1 heterocycles. The Morgan fingerprint density at radius 3 is 2.74 bits per heavy atom. The second-order valence-corrected chi connectivity index (χ2v) is 4.16. The van der Waals surface area contributed by atoms with Crippen LogP contribution in [0.3, 0.4) is 0 Å². The van der Waals surface area contributed by atoms with Crippen molar-refractivity contribution in [1.29, 1.82) is 0 Å². The summed E-state index contributed by atoms with van der Waals surface area (Å²) < 4.78 is 19.2. The minimum atomic E-state index is -0.465. The summed E-state index contributed by atoms with van der Waals surface area (Å²) in [6.45, 7) is 0.287. The molecule has 2 N–H and O–H groups in total. The number of hydrogen-bond acceptors (Lipinski definition) is 5. The van der Waals surface area contributed by atoms with Crippen molar-refractivity contribution in [3.05, 3.63) is 41.8 Å². The molecule has 0 amide bonds. The third-order valence-electron chi connectivity index (χ3n) is 2.46. The van der Waals surface area contributed by atoms with Crippen molar-refractivity contribution in [1.82, 2.24) is 9.97 Å². The van der Waals surface area contributed by atoms with E-state index in [4.69, 9.17) is 10.5 Å². The first-order valence-electron chi connectivity index (χ1n) is 5.77. The van der Waals surface area contributed by atoms with Crippen molar-refractivity contribution in [3.8, 4) is 11.6 Å². The predicted octanol–water partition coefficient (Wildman–Crippen LogP) is 1.93. The topological polar surface area (TPSA) is 64.3 Å². The van der Waals surface area contributed by atoms with Gasteiger partial charge in [0.2, 0.25) is 11.8 Å². The van der Waals surface area contributed by atoms with Crippen molar-refractivity contribution in [3.63, 3.8) is 0 Å². The van der Waals surface area contributed by atoms with E-state index in [1.54, 1.807) is 23.2 Å². The van der Waals surface area contributed by atoms with Crippen molar-refractivity contribution in [2.24, 2.45) is 5.73 Å². The number of hydrogen-bond donors (Lipinski definition) is 1. The lowest BCUT2D eigenvalue weighted by atomic mass is 10.2. The molecule has 0 aliphatic heterocycles. The maximum atomic E-state index is 13.7. The smallest absolute Gasteiger partial charge is 0.228 e. The van der Waals surface area contributed by atoms with Crippen LogP contribution in [0, 0.1) is 5.82 Å². The van der Waals surface area contributed by atoms with Gasteiger partial charge in [-0.15, -0.1) is 0 Å². The summed E-state index contributed by atoms with van der Waals surface area (Å²) in [5.74, 6) is 0.433. The first kappa shape index (κ1) is 13.2. The van der Waals surface area contributed by atoms with E-state index in [2.05, 4.69) is 9.97 Å². The third kappa shape index (κ3) is 3.17. The summed E-state index contributed by atoms with van der Waals surface area (Å²) in [6.07, 6.45) is 1.56. The molecule has 0 radical (unpaired) electrons. The third-order valence-corrected chi connectivity index (χ3v) is 2.46. The second kappa shape index (κ2) is 5.62. The molecule has 0 saturated heterocycles. The molecule has 2 rings (SSSR count). The highest BCUT2D eigenvalue weighted by Crippen LogP contribution is 2.24. The zero-order chi connectivity index (χ0) is 13.8. The average Bonchev–Trinajstić information content (AvgIpc) is 2.41. The summed E-state index contributed by atoms with van der Waals surface area (Å²) in [7, 11) is 3.63. The Morgan fingerprint density at radius 1 is 1.32 bits per heavy atom. The van der Waals surface area contributed by atoms with Crippen LogP contribution in [0.15, 0.2) is 30.5 Å². The summed E-state index contributed by atoms with van der Waals surface area (Å²) in [6, 6.07) is 6.17. The fourth-order valence-corrected chi connectivity index (χ4v) is 1.47. The molecule has 0 fully saturated rings. The highest BCUT2D eigenvalue weighted by Gasteiger charge is 2.08. The van der Waals surface area contributed by atoms with Crippen molar-refractivity contribution >= 4 is 5.95 Å². The van der Waals surface area contributed by atoms with Gasteiger partial charge in [-0.05, 0) is 17.7 Å². The molecule has 0 aliphatic rings. The maximum Gasteiger partial charge on any atom is 0.228 e. The lowest BCUT2D eigenvalue weighted by Crippen LogP contribution is -2.12. The molecule has 0 saturated carbocycles. The fraction of sp³-hybridized carbons (Fsp3) is 0.231. The Morgan fingerprint density at radius 2 is 2.11 bits per heavy atom. The predicted molar refractivity (Wildman–Crippen MR) is 70.7 cm³/mol. The van der Waals surface area contributed by atoms with Gasteiger partial charge in [0, 0.05) is 32.9 Å². The van der Waals surface area contributed by atoms with E-state index in [-0.39, 0.29) is 18.2 Å². The number of nitrogens with two attached hydrogens (primary N) is 1. The van der Waals surface area contributed by atoms with E-state index in [1.165, 1.54) is 12.1 Å². The fourth-order valence-electron chi connectivity index (χ4n) is 1.47. The number of ether oxygens (including phenoxy) is 1. The summed E-state index contributed by atoms with van der Waals surface area (Å²) in [5, 5.41) is 0. The van der Waals surface area contributed by atoms with E-state index < -0.39 is 5.82 Å². The average molecular weight is 262 g/mol. The van der Waals surface area contributed by atoms with Gasteiger partial charge in [-0.25, -0.2) is 9.37 Å². The van der Waals surface area contributed by atoms with Crippen LogP contribution in [0.1, 0.15) is 5.56 Å².